The first kappa shape index (κ1) is 11.4. The molecule has 0 heterocycles. The molecule has 0 saturated carbocycles. The quantitative estimate of drug-likeness (QED) is 0.851. The third-order valence-corrected chi connectivity index (χ3v) is 3.69. The molecule has 0 bridgehead atoms. The van der Waals surface area contributed by atoms with Gasteiger partial charge in [-0.3, -0.25) is 0 Å². The van der Waals surface area contributed by atoms with E-state index in [-0.39, 0.29) is 4.90 Å². The van der Waals surface area contributed by atoms with Crippen LogP contribution in [0.3, 0.4) is 0 Å². The molecule has 0 saturated heterocycles. The Hall–Kier alpha value is -1.10. The van der Waals surface area contributed by atoms with Gasteiger partial charge in [0.15, 0.2) is 0 Å². The number of rotatable bonds is 1. The highest BCUT2D eigenvalue weighted by Gasteiger charge is 2.12. The molecule has 16 heavy (non-hydrogen) atoms. The fourth-order valence-electron chi connectivity index (χ4n) is 1.67. The Morgan fingerprint density at radius 2 is 1.81 bits per heavy atom. The van der Waals surface area contributed by atoms with Crippen LogP contribution in [-0.4, -0.2) is 8.42 Å². The van der Waals surface area contributed by atoms with Crippen LogP contribution in [0.5, 0.6) is 0 Å². The maximum Gasteiger partial charge on any atom is 0.238 e. The fourth-order valence-corrected chi connectivity index (χ4v) is 2.65. The molecule has 0 amide bonds. The van der Waals surface area contributed by atoms with Crippen molar-refractivity contribution in [3.8, 4) is 0 Å². The smallest absolute Gasteiger partial charge is 0.225 e. The number of nitrogens with two attached hydrogens (primary N) is 1. The van der Waals surface area contributed by atoms with Crippen molar-refractivity contribution in [1.29, 1.82) is 0 Å². The molecule has 2 N–H and O–H groups in total. The summed E-state index contributed by atoms with van der Waals surface area (Å²) in [6.45, 7) is 1.72. The van der Waals surface area contributed by atoms with Gasteiger partial charge in [0.1, 0.15) is 0 Å². The second kappa shape index (κ2) is 3.73. The van der Waals surface area contributed by atoms with Crippen molar-refractivity contribution in [2.24, 2.45) is 5.14 Å². The van der Waals surface area contributed by atoms with Crippen molar-refractivity contribution in [3.05, 3.63) is 40.9 Å². The van der Waals surface area contributed by atoms with Gasteiger partial charge in [-0.1, -0.05) is 23.7 Å². The van der Waals surface area contributed by atoms with Gasteiger partial charge in [0.2, 0.25) is 10.0 Å². The van der Waals surface area contributed by atoms with Gasteiger partial charge in [-0.2, -0.15) is 0 Å². The molecule has 0 unspecified atom stereocenters. The normalized spacial score (nSPS) is 11.9. The lowest BCUT2D eigenvalue weighted by Crippen LogP contribution is -2.13. The molecule has 0 radical (unpaired) electrons. The van der Waals surface area contributed by atoms with Gasteiger partial charge in [0.05, 0.1) is 4.90 Å². The zero-order valence-corrected chi connectivity index (χ0v) is 10.1. The molecule has 0 fully saturated rings. The summed E-state index contributed by atoms with van der Waals surface area (Å²) in [5, 5.41) is 7.40. The first-order valence-corrected chi connectivity index (χ1v) is 6.53. The number of hydrogen-bond donors (Lipinski definition) is 1. The van der Waals surface area contributed by atoms with Crippen LogP contribution in [0, 0.1) is 6.92 Å². The van der Waals surface area contributed by atoms with Crippen LogP contribution in [0.4, 0.5) is 0 Å². The van der Waals surface area contributed by atoms with E-state index in [1.165, 1.54) is 0 Å². The molecule has 0 atom stereocenters. The number of hydrogen-bond acceptors (Lipinski definition) is 2. The Labute approximate surface area is 98.9 Å². The summed E-state index contributed by atoms with van der Waals surface area (Å²) in [6.07, 6.45) is 0. The van der Waals surface area contributed by atoms with Crippen molar-refractivity contribution >= 4 is 32.4 Å². The molecule has 0 spiro atoms. The number of benzene rings is 2. The maximum atomic E-state index is 11.3. The van der Waals surface area contributed by atoms with Crippen molar-refractivity contribution in [2.45, 2.75) is 11.8 Å². The minimum absolute atomic E-state index is 0.141. The van der Waals surface area contributed by atoms with Gasteiger partial charge in [-0.05, 0) is 41.5 Å². The highest BCUT2D eigenvalue weighted by molar-refractivity contribution is 7.89. The number of sulfonamides is 1. The summed E-state index contributed by atoms with van der Waals surface area (Å²) in [6, 6.07) is 8.65. The second-order valence-electron chi connectivity index (χ2n) is 3.65. The van der Waals surface area contributed by atoms with E-state index < -0.39 is 10.0 Å². The number of primary sulfonamides is 1. The van der Waals surface area contributed by atoms with Gasteiger partial charge in [-0.15, -0.1) is 0 Å². The summed E-state index contributed by atoms with van der Waals surface area (Å²) in [5.41, 5.74) is 0.636. The summed E-state index contributed by atoms with van der Waals surface area (Å²) >= 11 is 5.84. The Morgan fingerprint density at radius 1 is 1.12 bits per heavy atom. The molecule has 0 aromatic heterocycles. The molecule has 3 nitrogen and oxygen atoms in total. The van der Waals surface area contributed by atoms with E-state index in [1.807, 2.05) is 6.07 Å². The van der Waals surface area contributed by atoms with Crippen LogP contribution < -0.4 is 5.14 Å². The molecule has 0 aliphatic carbocycles. The summed E-state index contributed by atoms with van der Waals surface area (Å²) in [5.74, 6) is 0. The molecule has 2 aromatic rings. The average Bonchev–Trinajstić information content (AvgIpc) is 2.16. The van der Waals surface area contributed by atoms with E-state index in [1.54, 1.807) is 31.2 Å². The van der Waals surface area contributed by atoms with Crippen LogP contribution in [-0.2, 0) is 10.0 Å². The molecular formula is C11H10ClNO2S. The third-order valence-electron chi connectivity index (χ3n) is 2.40. The van der Waals surface area contributed by atoms with Crippen molar-refractivity contribution in [2.75, 3.05) is 0 Å². The Morgan fingerprint density at radius 3 is 2.44 bits per heavy atom. The van der Waals surface area contributed by atoms with Crippen LogP contribution in [0.2, 0.25) is 5.02 Å². The molecule has 2 aromatic carbocycles. The van der Waals surface area contributed by atoms with E-state index in [0.29, 0.717) is 10.6 Å². The lowest BCUT2D eigenvalue weighted by molar-refractivity contribution is 0.597. The lowest BCUT2D eigenvalue weighted by atomic mass is 10.1. The van der Waals surface area contributed by atoms with Crippen LogP contribution >= 0.6 is 11.6 Å². The van der Waals surface area contributed by atoms with Crippen LogP contribution in [0.1, 0.15) is 5.56 Å². The van der Waals surface area contributed by atoms with E-state index in [4.69, 9.17) is 16.7 Å². The van der Waals surface area contributed by atoms with Crippen molar-refractivity contribution < 1.29 is 8.42 Å². The minimum atomic E-state index is -3.68. The average molecular weight is 256 g/mol. The minimum Gasteiger partial charge on any atom is -0.225 e. The van der Waals surface area contributed by atoms with Gasteiger partial charge in [0, 0.05) is 5.02 Å². The van der Waals surface area contributed by atoms with E-state index in [0.717, 1.165) is 10.8 Å². The van der Waals surface area contributed by atoms with E-state index in [9.17, 15) is 8.42 Å². The van der Waals surface area contributed by atoms with Gasteiger partial charge < -0.3 is 0 Å². The molecule has 0 aliphatic heterocycles. The zero-order chi connectivity index (χ0) is 11.9. The molecule has 2 rings (SSSR count). The molecular weight excluding hydrogens is 246 g/mol. The van der Waals surface area contributed by atoms with E-state index >= 15 is 0 Å². The van der Waals surface area contributed by atoms with Gasteiger partial charge in [0.25, 0.3) is 0 Å². The largest absolute Gasteiger partial charge is 0.238 e. The van der Waals surface area contributed by atoms with E-state index in [2.05, 4.69) is 0 Å². The third kappa shape index (κ3) is 2.04. The Bertz CT molecular complexity index is 665. The Balaban J connectivity index is 2.84. The van der Waals surface area contributed by atoms with Crippen LogP contribution in [0.15, 0.2) is 35.2 Å². The standard InChI is InChI=1S/C11H10ClNO2S/c1-7-4-8-2-3-10(12)5-9(8)6-11(7)16(13,14)15/h2-6H,1H3,(H2,13,14,15). The van der Waals surface area contributed by atoms with Crippen molar-refractivity contribution in [3.63, 3.8) is 0 Å². The second-order valence-corrected chi connectivity index (χ2v) is 5.62. The Kier molecular flexibility index (Phi) is 2.66. The highest BCUT2D eigenvalue weighted by atomic mass is 35.5. The topological polar surface area (TPSA) is 60.2 Å². The van der Waals surface area contributed by atoms with Crippen LogP contribution in [0.25, 0.3) is 10.8 Å². The van der Waals surface area contributed by atoms with Gasteiger partial charge in [-0.25, -0.2) is 13.6 Å². The first-order valence-electron chi connectivity index (χ1n) is 4.60. The summed E-state index contributed by atoms with van der Waals surface area (Å²) < 4.78 is 22.7. The summed E-state index contributed by atoms with van der Waals surface area (Å²) in [7, 11) is -3.68. The zero-order valence-electron chi connectivity index (χ0n) is 8.57. The van der Waals surface area contributed by atoms with Gasteiger partial charge >= 0.3 is 0 Å². The number of aryl methyl sites for hydroxylation is 1. The predicted octanol–water partition coefficient (Wildman–Crippen LogP) is 2.45. The summed E-state index contributed by atoms with van der Waals surface area (Å²) in [4.78, 5) is 0.141. The predicted molar refractivity (Wildman–Crippen MR) is 65.1 cm³/mol. The fraction of sp³-hybridized carbons (Fsp3) is 0.0909. The molecule has 0 aliphatic rings. The SMILES string of the molecule is Cc1cc2ccc(Cl)cc2cc1S(N)(=O)=O. The number of halogens is 1. The van der Waals surface area contributed by atoms with Crippen molar-refractivity contribution in [1.82, 2.24) is 0 Å². The molecule has 84 valence electrons. The lowest BCUT2D eigenvalue weighted by Gasteiger charge is -2.06. The molecule has 5 heteroatoms. The monoisotopic (exact) mass is 255 g/mol. The number of fused-ring (bicyclic) bond motifs is 1. The maximum absolute atomic E-state index is 11.3. The first-order chi connectivity index (χ1) is 7.38. The highest BCUT2D eigenvalue weighted by Crippen LogP contribution is 2.24.